The van der Waals surface area contributed by atoms with Crippen molar-refractivity contribution in [1.82, 2.24) is 10.3 Å². The highest BCUT2D eigenvalue weighted by molar-refractivity contribution is 9.10. The first-order valence-electron chi connectivity index (χ1n) is 6.90. The fourth-order valence-electron chi connectivity index (χ4n) is 2.01. The zero-order valence-electron chi connectivity index (χ0n) is 11.9. The van der Waals surface area contributed by atoms with Crippen molar-refractivity contribution < 1.29 is 4.39 Å². The van der Waals surface area contributed by atoms with Gasteiger partial charge in [-0.3, -0.25) is 4.98 Å². The van der Waals surface area contributed by atoms with E-state index in [9.17, 15) is 4.39 Å². The second kappa shape index (κ2) is 8.51. The molecule has 0 aliphatic heterocycles. The Balaban J connectivity index is 1.95. The minimum Gasteiger partial charge on any atom is -0.313 e. The van der Waals surface area contributed by atoms with E-state index in [-0.39, 0.29) is 11.9 Å². The van der Waals surface area contributed by atoms with Gasteiger partial charge in [0.1, 0.15) is 5.82 Å². The predicted molar refractivity (Wildman–Crippen MR) is 90.2 cm³/mol. The van der Waals surface area contributed by atoms with E-state index in [0.717, 1.165) is 28.9 Å². The van der Waals surface area contributed by atoms with Crippen molar-refractivity contribution in [3.63, 3.8) is 0 Å². The zero-order chi connectivity index (χ0) is 15.1. The highest BCUT2D eigenvalue weighted by Crippen LogP contribution is 2.22. The third-order valence-corrected chi connectivity index (χ3v) is 4.69. The Morgan fingerprint density at radius 2 is 2.10 bits per heavy atom. The van der Waals surface area contributed by atoms with E-state index in [0.29, 0.717) is 4.90 Å². The monoisotopic (exact) mass is 368 g/mol. The van der Waals surface area contributed by atoms with Gasteiger partial charge >= 0.3 is 0 Å². The van der Waals surface area contributed by atoms with Crippen LogP contribution in [0, 0.1) is 5.82 Å². The molecule has 21 heavy (non-hydrogen) atoms. The van der Waals surface area contributed by atoms with Crippen molar-refractivity contribution in [1.29, 1.82) is 0 Å². The molecule has 1 unspecified atom stereocenters. The SMILES string of the molecule is CCNC(CSc1ccccc1F)Cc1ccc(Br)cn1. The summed E-state index contributed by atoms with van der Waals surface area (Å²) in [6.07, 6.45) is 2.64. The number of likely N-dealkylation sites (N-methyl/N-ethyl adjacent to an activating group) is 1. The number of halogens is 2. The lowest BCUT2D eigenvalue weighted by Gasteiger charge is -2.17. The van der Waals surface area contributed by atoms with Crippen LogP contribution in [-0.4, -0.2) is 23.3 Å². The molecule has 0 spiro atoms. The van der Waals surface area contributed by atoms with Gasteiger partial charge in [-0.15, -0.1) is 11.8 Å². The number of nitrogens with zero attached hydrogens (tertiary/aromatic N) is 1. The third-order valence-electron chi connectivity index (χ3n) is 3.01. The van der Waals surface area contributed by atoms with Crippen LogP contribution in [-0.2, 0) is 6.42 Å². The Labute approximate surface area is 137 Å². The first-order chi connectivity index (χ1) is 10.2. The van der Waals surface area contributed by atoms with Gasteiger partial charge in [0.15, 0.2) is 0 Å². The summed E-state index contributed by atoms with van der Waals surface area (Å²) in [4.78, 5) is 5.10. The highest BCUT2D eigenvalue weighted by atomic mass is 79.9. The van der Waals surface area contributed by atoms with E-state index in [1.54, 1.807) is 17.8 Å². The van der Waals surface area contributed by atoms with Crippen LogP contribution in [0.2, 0.25) is 0 Å². The third kappa shape index (κ3) is 5.41. The van der Waals surface area contributed by atoms with E-state index in [2.05, 4.69) is 33.2 Å². The lowest BCUT2D eigenvalue weighted by molar-refractivity contribution is 0.565. The number of nitrogens with one attached hydrogen (secondary N) is 1. The average Bonchev–Trinajstić information content (AvgIpc) is 2.49. The molecule has 112 valence electrons. The summed E-state index contributed by atoms with van der Waals surface area (Å²) >= 11 is 4.93. The van der Waals surface area contributed by atoms with Gasteiger partial charge in [-0.2, -0.15) is 0 Å². The second-order valence-electron chi connectivity index (χ2n) is 4.67. The summed E-state index contributed by atoms with van der Waals surface area (Å²) in [5.41, 5.74) is 1.04. The molecule has 2 rings (SSSR count). The molecule has 0 aliphatic carbocycles. The molecule has 2 nitrogen and oxygen atoms in total. The van der Waals surface area contributed by atoms with Gasteiger partial charge in [0.05, 0.1) is 0 Å². The second-order valence-corrected chi connectivity index (χ2v) is 6.65. The van der Waals surface area contributed by atoms with Gasteiger partial charge < -0.3 is 5.32 Å². The quantitative estimate of drug-likeness (QED) is 0.737. The van der Waals surface area contributed by atoms with Crippen molar-refractivity contribution in [3.8, 4) is 0 Å². The number of benzene rings is 1. The molecule has 5 heteroatoms. The molecule has 1 atom stereocenters. The number of hydrogen-bond acceptors (Lipinski definition) is 3. The number of aromatic nitrogens is 1. The van der Waals surface area contributed by atoms with E-state index in [1.807, 2.05) is 30.5 Å². The summed E-state index contributed by atoms with van der Waals surface area (Å²) in [7, 11) is 0. The lowest BCUT2D eigenvalue weighted by atomic mass is 10.1. The van der Waals surface area contributed by atoms with Crippen LogP contribution >= 0.6 is 27.7 Å². The molecule has 0 saturated heterocycles. The summed E-state index contributed by atoms with van der Waals surface area (Å²) in [6, 6.07) is 11.2. The number of thioether (sulfide) groups is 1. The molecule has 0 amide bonds. The van der Waals surface area contributed by atoms with Crippen molar-refractivity contribution in [2.24, 2.45) is 0 Å². The van der Waals surface area contributed by atoms with E-state index >= 15 is 0 Å². The molecule has 0 radical (unpaired) electrons. The summed E-state index contributed by atoms with van der Waals surface area (Å²) in [6.45, 7) is 2.97. The minimum absolute atomic E-state index is 0.153. The topological polar surface area (TPSA) is 24.9 Å². The minimum atomic E-state index is -0.153. The van der Waals surface area contributed by atoms with Gasteiger partial charge in [-0.25, -0.2) is 4.39 Å². The van der Waals surface area contributed by atoms with Gasteiger partial charge in [0.2, 0.25) is 0 Å². The van der Waals surface area contributed by atoms with Crippen LogP contribution in [0.15, 0.2) is 52.0 Å². The van der Waals surface area contributed by atoms with Crippen LogP contribution in [0.4, 0.5) is 4.39 Å². The Kier molecular flexibility index (Phi) is 6.67. The van der Waals surface area contributed by atoms with E-state index < -0.39 is 0 Å². The fourth-order valence-corrected chi connectivity index (χ4v) is 3.24. The summed E-state index contributed by atoms with van der Waals surface area (Å²) in [5.74, 6) is 0.659. The smallest absolute Gasteiger partial charge is 0.136 e. The van der Waals surface area contributed by atoms with Crippen molar-refractivity contribution in [2.75, 3.05) is 12.3 Å². The lowest BCUT2D eigenvalue weighted by Crippen LogP contribution is -2.33. The maximum absolute atomic E-state index is 13.6. The number of pyridine rings is 1. The van der Waals surface area contributed by atoms with Gasteiger partial charge in [0, 0.05) is 39.5 Å². The Hall–Kier alpha value is -0.910. The molecule has 0 bridgehead atoms. The molecule has 1 heterocycles. The summed E-state index contributed by atoms with van der Waals surface area (Å²) < 4.78 is 14.6. The Morgan fingerprint density at radius 1 is 1.29 bits per heavy atom. The van der Waals surface area contributed by atoms with Crippen molar-refractivity contribution in [2.45, 2.75) is 24.3 Å². The standard InChI is InChI=1S/C16H18BrFN2S/c1-2-19-14(9-13-8-7-12(17)10-20-13)11-21-16-6-4-3-5-15(16)18/h3-8,10,14,19H,2,9,11H2,1H3. The first kappa shape index (κ1) is 16.5. The zero-order valence-corrected chi connectivity index (χ0v) is 14.3. The highest BCUT2D eigenvalue weighted by Gasteiger charge is 2.11. The maximum Gasteiger partial charge on any atom is 0.136 e. The molecular formula is C16H18BrFN2S. The van der Waals surface area contributed by atoms with Crippen molar-refractivity contribution >= 4 is 27.7 Å². The molecule has 1 aromatic heterocycles. The molecule has 0 saturated carbocycles. The first-order valence-corrected chi connectivity index (χ1v) is 8.68. The Bertz CT molecular complexity index is 562. The number of hydrogen-bond donors (Lipinski definition) is 1. The van der Waals surface area contributed by atoms with Crippen molar-refractivity contribution in [3.05, 3.63) is 58.6 Å². The molecule has 0 fully saturated rings. The summed E-state index contributed by atoms with van der Waals surface area (Å²) in [5, 5.41) is 3.44. The van der Waals surface area contributed by atoms with Gasteiger partial charge in [-0.05, 0) is 46.7 Å². The van der Waals surface area contributed by atoms with E-state index in [1.165, 1.54) is 6.07 Å². The Morgan fingerprint density at radius 3 is 2.76 bits per heavy atom. The maximum atomic E-state index is 13.6. The average molecular weight is 369 g/mol. The van der Waals surface area contributed by atoms with Crippen LogP contribution in [0.25, 0.3) is 0 Å². The van der Waals surface area contributed by atoms with Gasteiger partial charge in [-0.1, -0.05) is 19.1 Å². The van der Waals surface area contributed by atoms with Crippen LogP contribution in [0.1, 0.15) is 12.6 Å². The van der Waals surface area contributed by atoms with E-state index in [4.69, 9.17) is 0 Å². The normalized spacial score (nSPS) is 12.3. The fraction of sp³-hybridized carbons (Fsp3) is 0.312. The largest absolute Gasteiger partial charge is 0.313 e. The molecule has 0 aliphatic rings. The predicted octanol–water partition coefficient (Wildman–Crippen LogP) is 4.30. The van der Waals surface area contributed by atoms with Crippen LogP contribution in [0.5, 0.6) is 0 Å². The van der Waals surface area contributed by atoms with Gasteiger partial charge in [0.25, 0.3) is 0 Å². The molecule has 1 aromatic carbocycles. The number of rotatable bonds is 7. The van der Waals surface area contributed by atoms with Crippen LogP contribution in [0.3, 0.4) is 0 Å². The van der Waals surface area contributed by atoms with Crippen LogP contribution < -0.4 is 5.32 Å². The molecule has 2 aromatic rings. The molecule has 1 N–H and O–H groups in total. The molecular weight excluding hydrogens is 351 g/mol.